The summed E-state index contributed by atoms with van der Waals surface area (Å²) >= 11 is 12.4. The van der Waals surface area contributed by atoms with Gasteiger partial charge in [0.25, 0.3) is 11.7 Å². The first-order valence-corrected chi connectivity index (χ1v) is 10.3. The van der Waals surface area contributed by atoms with E-state index in [9.17, 15) is 4.79 Å². The lowest BCUT2D eigenvalue weighted by molar-refractivity contribution is 0.100. The summed E-state index contributed by atoms with van der Waals surface area (Å²) in [6.07, 6.45) is 1.80. The van der Waals surface area contributed by atoms with Crippen molar-refractivity contribution in [2.24, 2.45) is 0 Å². The van der Waals surface area contributed by atoms with Crippen molar-refractivity contribution in [3.05, 3.63) is 106 Å². The molecule has 0 aliphatic rings. The van der Waals surface area contributed by atoms with E-state index in [1.165, 1.54) is 0 Å². The average Bonchev–Trinajstić information content (AvgIpc) is 3.42. The monoisotopic (exact) mass is 447 g/mol. The van der Waals surface area contributed by atoms with Gasteiger partial charge >= 0.3 is 0 Å². The minimum atomic E-state index is -0.327. The summed E-state index contributed by atoms with van der Waals surface area (Å²) < 4.78 is 7.66. The van der Waals surface area contributed by atoms with Crippen LogP contribution in [-0.2, 0) is 6.54 Å². The van der Waals surface area contributed by atoms with Crippen molar-refractivity contribution >= 4 is 39.9 Å². The average molecular weight is 448 g/mol. The van der Waals surface area contributed by atoms with Gasteiger partial charge in [0.15, 0.2) is 0 Å². The maximum Gasteiger partial charge on any atom is 0.289 e. The lowest BCUT2D eigenvalue weighted by atomic mass is 10.1. The largest absolute Gasteiger partial charge is 0.413 e. The van der Waals surface area contributed by atoms with Gasteiger partial charge in [-0.2, -0.15) is 0 Å². The SMILES string of the molecule is O=C(c1nnc(-c2ccccc2)o1)c1cn(Cc2ccc(Cl)cc2Cl)c2ccccc12. The van der Waals surface area contributed by atoms with Crippen LogP contribution in [0.25, 0.3) is 22.4 Å². The van der Waals surface area contributed by atoms with Crippen LogP contribution in [0.2, 0.25) is 10.0 Å². The fraction of sp³-hybridized carbons (Fsp3) is 0.0417. The Bertz CT molecular complexity index is 1410. The van der Waals surface area contributed by atoms with Gasteiger partial charge in [0, 0.05) is 39.3 Å². The van der Waals surface area contributed by atoms with Crippen molar-refractivity contribution in [1.82, 2.24) is 14.8 Å². The first-order chi connectivity index (χ1) is 15.1. The number of halogens is 2. The Morgan fingerprint density at radius 2 is 1.71 bits per heavy atom. The van der Waals surface area contributed by atoms with E-state index in [-0.39, 0.29) is 11.7 Å². The third-order valence-corrected chi connectivity index (χ3v) is 5.62. The van der Waals surface area contributed by atoms with Crippen LogP contribution >= 0.6 is 23.2 Å². The minimum Gasteiger partial charge on any atom is -0.413 e. The lowest BCUT2D eigenvalue weighted by Crippen LogP contribution is -2.02. The second-order valence-electron chi connectivity index (χ2n) is 7.03. The summed E-state index contributed by atoms with van der Waals surface area (Å²) in [6.45, 7) is 0.489. The Morgan fingerprint density at radius 3 is 2.52 bits per heavy atom. The van der Waals surface area contributed by atoms with Gasteiger partial charge in [0.05, 0.1) is 5.56 Å². The second-order valence-corrected chi connectivity index (χ2v) is 7.87. The molecule has 0 aliphatic heterocycles. The Hall–Kier alpha value is -3.41. The number of fused-ring (bicyclic) bond motifs is 1. The van der Waals surface area contributed by atoms with Gasteiger partial charge in [0.2, 0.25) is 5.89 Å². The van der Waals surface area contributed by atoms with E-state index in [0.29, 0.717) is 28.0 Å². The van der Waals surface area contributed by atoms with Crippen molar-refractivity contribution in [3.63, 3.8) is 0 Å². The van der Waals surface area contributed by atoms with Crippen LogP contribution in [0.3, 0.4) is 0 Å². The molecule has 0 unspecified atom stereocenters. The Kier molecular flexibility index (Phi) is 5.06. The van der Waals surface area contributed by atoms with Crippen molar-refractivity contribution < 1.29 is 9.21 Å². The first kappa shape index (κ1) is 19.5. The smallest absolute Gasteiger partial charge is 0.289 e. The normalized spacial score (nSPS) is 11.2. The minimum absolute atomic E-state index is 0.0497. The molecular formula is C24H15Cl2N3O2. The molecule has 2 heterocycles. The highest BCUT2D eigenvalue weighted by Gasteiger charge is 2.22. The van der Waals surface area contributed by atoms with Crippen LogP contribution in [0.4, 0.5) is 0 Å². The molecule has 0 spiro atoms. The third kappa shape index (κ3) is 3.74. The number of hydrogen-bond acceptors (Lipinski definition) is 4. The Morgan fingerprint density at radius 1 is 0.935 bits per heavy atom. The van der Waals surface area contributed by atoms with Crippen molar-refractivity contribution in [2.45, 2.75) is 6.54 Å². The highest BCUT2D eigenvalue weighted by Crippen LogP contribution is 2.28. The molecule has 0 saturated heterocycles. The topological polar surface area (TPSA) is 60.9 Å². The summed E-state index contributed by atoms with van der Waals surface area (Å²) in [4.78, 5) is 13.2. The molecule has 0 aliphatic carbocycles. The Balaban J connectivity index is 1.53. The zero-order chi connectivity index (χ0) is 21.4. The Labute approximate surface area is 187 Å². The van der Waals surface area contributed by atoms with Crippen LogP contribution in [0.5, 0.6) is 0 Å². The standard InChI is InChI=1S/C24H15Cl2N3O2/c25-17-11-10-16(20(26)12-17)13-29-14-19(18-8-4-5-9-21(18)29)22(30)24-28-27-23(31-24)15-6-2-1-3-7-15/h1-12,14H,13H2. The number of nitrogens with zero attached hydrogens (tertiary/aromatic N) is 3. The summed E-state index contributed by atoms with van der Waals surface area (Å²) in [5, 5.41) is 9.97. The predicted molar refractivity (Wildman–Crippen MR) is 121 cm³/mol. The quantitative estimate of drug-likeness (QED) is 0.297. The fourth-order valence-corrected chi connectivity index (χ4v) is 3.99. The maximum absolute atomic E-state index is 13.2. The van der Waals surface area contributed by atoms with Gasteiger partial charge < -0.3 is 8.98 Å². The third-order valence-electron chi connectivity index (χ3n) is 5.03. The summed E-state index contributed by atoms with van der Waals surface area (Å²) in [6, 6.07) is 22.4. The number of para-hydroxylation sites is 1. The van der Waals surface area contributed by atoms with Crippen molar-refractivity contribution in [1.29, 1.82) is 0 Å². The fourth-order valence-electron chi connectivity index (χ4n) is 3.52. The van der Waals surface area contributed by atoms with E-state index in [2.05, 4.69) is 10.2 Å². The highest BCUT2D eigenvalue weighted by molar-refractivity contribution is 6.35. The summed E-state index contributed by atoms with van der Waals surface area (Å²) in [5.41, 5.74) is 3.05. The molecule has 0 saturated carbocycles. The molecule has 0 radical (unpaired) electrons. The molecule has 3 aromatic carbocycles. The number of aromatic nitrogens is 3. The van der Waals surface area contributed by atoms with E-state index in [4.69, 9.17) is 27.6 Å². The molecule has 31 heavy (non-hydrogen) atoms. The molecule has 2 aromatic heterocycles. The number of hydrogen-bond donors (Lipinski definition) is 0. The van der Waals surface area contributed by atoms with Crippen molar-refractivity contribution in [2.75, 3.05) is 0 Å². The van der Waals surface area contributed by atoms with Crippen LogP contribution in [0, 0.1) is 0 Å². The summed E-state index contributed by atoms with van der Waals surface area (Å²) in [5.74, 6) is -0.0706. The number of rotatable bonds is 5. The number of benzene rings is 3. The molecule has 0 amide bonds. The maximum atomic E-state index is 13.2. The first-order valence-electron chi connectivity index (χ1n) is 9.55. The van der Waals surface area contributed by atoms with E-state index < -0.39 is 0 Å². The molecular weight excluding hydrogens is 433 g/mol. The van der Waals surface area contributed by atoms with Gasteiger partial charge in [-0.1, -0.05) is 65.7 Å². The number of carbonyl (C=O) groups excluding carboxylic acids is 1. The molecule has 7 heteroatoms. The van der Waals surface area contributed by atoms with Crippen LogP contribution < -0.4 is 0 Å². The van der Waals surface area contributed by atoms with Gasteiger partial charge in [0.1, 0.15) is 0 Å². The van der Waals surface area contributed by atoms with Crippen molar-refractivity contribution in [3.8, 4) is 11.5 Å². The second kappa shape index (κ2) is 8.02. The molecule has 0 bridgehead atoms. The molecule has 0 fully saturated rings. The van der Waals surface area contributed by atoms with Crippen LogP contribution in [0.15, 0.2) is 83.4 Å². The molecule has 5 nitrogen and oxygen atoms in total. The molecule has 5 rings (SSSR count). The molecule has 152 valence electrons. The van der Waals surface area contributed by atoms with Crippen LogP contribution in [-0.4, -0.2) is 20.5 Å². The van der Waals surface area contributed by atoms with Gasteiger partial charge in [-0.3, -0.25) is 4.79 Å². The van der Waals surface area contributed by atoms with E-state index in [0.717, 1.165) is 22.0 Å². The zero-order valence-electron chi connectivity index (χ0n) is 16.1. The van der Waals surface area contributed by atoms with Gasteiger partial charge in [-0.25, -0.2) is 0 Å². The zero-order valence-corrected chi connectivity index (χ0v) is 17.6. The molecule has 0 atom stereocenters. The van der Waals surface area contributed by atoms with E-state index in [1.54, 1.807) is 18.3 Å². The van der Waals surface area contributed by atoms with E-state index in [1.807, 2.05) is 65.2 Å². The lowest BCUT2D eigenvalue weighted by Gasteiger charge is -2.08. The van der Waals surface area contributed by atoms with Gasteiger partial charge in [-0.15, -0.1) is 10.2 Å². The number of carbonyl (C=O) groups is 1. The molecule has 5 aromatic rings. The summed E-state index contributed by atoms with van der Waals surface area (Å²) in [7, 11) is 0. The molecule has 0 N–H and O–H groups in total. The van der Waals surface area contributed by atoms with E-state index >= 15 is 0 Å². The predicted octanol–water partition coefficient (Wildman–Crippen LogP) is 6.28. The van der Waals surface area contributed by atoms with Crippen LogP contribution in [0.1, 0.15) is 21.8 Å². The number of ketones is 1. The van der Waals surface area contributed by atoms with Gasteiger partial charge in [-0.05, 0) is 35.9 Å². The highest BCUT2D eigenvalue weighted by atomic mass is 35.5.